The number of Topliss-reactive ketones (excluding diaryl/α,β-unsaturated/α-hetero) is 1. The number of aryl methyl sites for hydroxylation is 2. The van der Waals surface area contributed by atoms with Crippen LogP contribution in [-0.2, 0) is 6.54 Å². The number of anilines is 1. The Kier molecular flexibility index (Phi) is 5.66. The van der Waals surface area contributed by atoms with Crippen molar-refractivity contribution >= 4 is 28.8 Å². The average Bonchev–Trinajstić information content (AvgIpc) is 2.89. The number of nitrogens with zero attached hydrogens (tertiary/aromatic N) is 2. The third-order valence-corrected chi connectivity index (χ3v) is 3.40. The molecule has 0 fully saturated rings. The van der Waals surface area contributed by atoms with Crippen molar-refractivity contribution in [1.29, 1.82) is 0 Å². The van der Waals surface area contributed by atoms with Crippen LogP contribution < -0.4 is 10.6 Å². The van der Waals surface area contributed by atoms with Gasteiger partial charge in [0.25, 0.3) is 0 Å². The lowest BCUT2D eigenvalue weighted by molar-refractivity contribution is 0.101. The van der Waals surface area contributed by atoms with Crippen LogP contribution in [0.15, 0.2) is 36.5 Å². The number of benzene rings is 1. The fraction of sp³-hybridized carbons (Fsp3) is 0.312. The first kappa shape index (κ1) is 16.2. The van der Waals surface area contributed by atoms with Gasteiger partial charge in [0.05, 0.1) is 5.69 Å². The van der Waals surface area contributed by atoms with E-state index in [2.05, 4.69) is 15.7 Å². The van der Waals surface area contributed by atoms with Crippen molar-refractivity contribution in [1.82, 2.24) is 15.1 Å². The fourth-order valence-corrected chi connectivity index (χ4v) is 2.24. The van der Waals surface area contributed by atoms with Crippen LogP contribution in [-0.4, -0.2) is 27.2 Å². The summed E-state index contributed by atoms with van der Waals surface area (Å²) in [6.07, 6.45) is 2.90. The SMILES string of the molecule is CC(=O)c1cccc(NC(=S)NCCCn2ccc(C)n2)c1. The molecule has 0 spiro atoms. The molecular formula is C16H20N4OS. The molecule has 0 aliphatic heterocycles. The van der Waals surface area contributed by atoms with Crippen molar-refractivity contribution in [3.63, 3.8) is 0 Å². The highest BCUT2D eigenvalue weighted by Gasteiger charge is 2.02. The molecule has 5 nitrogen and oxygen atoms in total. The van der Waals surface area contributed by atoms with Gasteiger partial charge in [-0.2, -0.15) is 5.10 Å². The van der Waals surface area contributed by atoms with Crippen molar-refractivity contribution in [3.05, 3.63) is 47.8 Å². The molecule has 2 rings (SSSR count). The molecule has 6 heteroatoms. The molecule has 0 saturated carbocycles. The van der Waals surface area contributed by atoms with Gasteiger partial charge in [-0.3, -0.25) is 9.48 Å². The van der Waals surface area contributed by atoms with Gasteiger partial charge in [0.1, 0.15) is 0 Å². The van der Waals surface area contributed by atoms with Crippen molar-refractivity contribution in [2.75, 3.05) is 11.9 Å². The van der Waals surface area contributed by atoms with E-state index in [-0.39, 0.29) is 5.78 Å². The second-order valence-electron chi connectivity index (χ2n) is 5.09. The van der Waals surface area contributed by atoms with Gasteiger partial charge in [-0.15, -0.1) is 0 Å². The standard InChI is InChI=1S/C16H20N4OS/c1-12-7-10-20(19-12)9-4-8-17-16(22)18-15-6-3-5-14(11-15)13(2)21/h3,5-7,10-11H,4,8-9H2,1-2H3,(H2,17,18,22). The van der Waals surface area contributed by atoms with Crippen LogP contribution in [0, 0.1) is 6.92 Å². The van der Waals surface area contributed by atoms with Gasteiger partial charge in [-0.05, 0) is 50.7 Å². The molecule has 1 heterocycles. The molecule has 0 bridgehead atoms. The molecule has 0 atom stereocenters. The first-order valence-corrected chi connectivity index (χ1v) is 7.61. The molecule has 0 saturated heterocycles. The molecule has 2 N–H and O–H groups in total. The number of hydrogen-bond donors (Lipinski definition) is 2. The molecule has 116 valence electrons. The quantitative estimate of drug-likeness (QED) is 0.487. The monoisotopic (exact) mass is 316 g/mol. The van der Waals surface area contributed by atoms with Crippen molar-refractivity contribution in [2.45, 2.75) is 26.8 Å². The van der Waals surface area contributed by atoms with Gasteiger partial charge in [-0.1, -0.05) is 12.1 Å². The number of thiocarbonyl (C=S) groups is 1. The van der Waals surface area contributed by atoms with Crippen LogP contribution in [0.2, 0.25) is 0 Å². The van der Waals surface area contributed by atoms with Gasteiger partial charge >= 0.3 is 0 Å². The van der Waals surface area contributed by atoms with E-state index in [1.54, 1.807) is 19.1 Å². The van der Waals surface area contributed by atoms with E-state index in [9.17, 15) is 4.79 Å². The number of carbonyl (C=O) groups is 1. The minimum atomic E-state index is 0.0389. The predicted octanol–water partition coefficient (Wildman–Crippen LogP) is 2.77. The fourth-order valence-electron chi connectivity index (χ4n) is 2.02. The zero-order valence-corrected chi connectivity index (χ0v) is 13.6. The largest absolute Gasteiger partial charge is 0.362 e. The summed E-state index contributed by atoms with van der Waals surface area (Å²) in [6.45, 7) is 5.13. The molecule has 0 unspecified atom stereocenters. The Balaban J connectivity index is 1.73. The van der Waals surface area contributed by atoms with Gasteiger partial charge in [0.2, 0.25) is 0 Å². The summed E-state index contributed by atoms with van der Waals surface area (Å²) >= 11 is 5.25. The molecule has 0 radical (unpaired) electrons. The zero-order chi connectivity index (χ0) is 15.9. The van der Waals surface area contributed by atoms with Crippen LogP contribution in [0.3, 0.4) is 0 Å². The van der Waals surface area contributed by atoms with Gasteiger partial charge < -0.3 is 10.6 Å². The van der Waals surface area contributed by atoms with Crippen molar-refractivity contribution < 1.29 is 4.79 Å². The average molecular weight is 316 g/mol. The maximum absolute atomic E-state index is 11.3. The highest BCUT2D eigenvalue weighted by Crippen LogP contribution is 2.10. The number of rotatable bonds is 6. The minimum Gasteiger partial charge on any atom is -0.362 e. The van der Waals surface area contributed by atoms with Gasteiger partial charge in [0, 0.05) is 30.5 Å². The Morgan fingerprint density at radius 3 is 2.86 bits per heavy atom. The Morgan fingerprint density at radius 1 is 1.36 bits per heavy atom. The molecular weight excluding hydrogens is 296 g/mol. The number of nitrogens with one attached hydrogen (secondary N) is 2. The summed E-state index contributed by atoms with van der Waals surface area (Å²) in [4.78, 5) is 11.3. The first-order valence-electron chi connectivity index (χ1n) is 7.20. The van der Waals surface area contributed by atoms with E-state index in [1.165, 1.54) is 0 Å². The smallest absolute Gasteiger partial charge is 0.170 e. The second-order valence-corrected chi connectivity index (χ2v) is 5.50. The van der Waals surface area contributed by atoms with E-state index >= 15 is 0 Å². The Hall–Kier alpha value is -2.21. The van der Waals surface area contributed by atoms with Gasteiger partial charge in [0.15, 0.2) is 10.9 Å². The summed E-state index contributed by atoms with van der Waals surface area (Å²) in [5.41, 5.74) is 2.50. The van der Waals surface area contributed by atoms with E-state index in [1.807, 2.05) is 36.0 Å². The van der Waals surface area contributed by atoms with Crippen LogP contribution in [0.1, 0.15) is 29.4 Å². The molecule has 0 aliphatic rings. The molecule has 22 heavy (non-hydrogen) atoms. The van der Waals surface area contributed by atoms with E-state index < -0.39 is 0 Å². The molecule has 0 amide bonds. The normalized spacial score (nSPS) is 10.3. The van der Waals surface area contributed by atoms with Crippen molar-refractivity contribution in [3.8, 4) is 0 Å². The summed E-state index contributed by atoms with van der Waals surface area (Å²) in [5.74, 6) is 0.0389. The lowest BCUT2D eigenvalue weighted by atomic mass is 10.1. The van der Waals surface area contributed by atoms with E-state index in [0.717, 1.165) is 30.9 Å². The maximum atomic E-state index is 11.3. The highest BCUT2D eigenvalue weighted by atomic mass is 32.1. The number of hydrogen-bond acceptors (Lipinski definition) is 3. The summed E-state index contributed by atoms with van der Waals surface area (Å²) < 4.78 is 1.92. The maximum Gasteiger partial charge on any atom is 0.170 e. The molecule has 1 aromatic carbocycles. The lowest BCUT2D eigenvalue weighted by Crippen LogP contribution is -2.29. The zero-order valence-electron chi connectivity index (χ0n) is 12.8. The number of carbonyl (C=O) groups excluding carboxylic acids is 1. The third kappa shape index (κ3) is 4.96. The van der Waals surface area contributed by atoms with E-state index in [4.69, 9.17) is 12.2 Å². The summed E-state index contributed by atoms with van der Waals surface area (Å²) in [7, 11) is 0. The third-order valence-electron chi connectivity index (χ3n) is 3.15. The number of aromatic nitrogens is 2. The van der Waals surface area contributed by atoms with Crippen LogP contribution in [0.5, 0.6) is 0 Å². The van der Waals surface area contributed by atoms with Crippen LogP contribution in [0.4, 0.5) is 5.69 Å². The summed E-state index contributed by atoms with van der Waals surface area (Å²) in [5, 5.41) is 11.1. The minimum absolute atomic E-state index is 0.0389. The first-order chi connectivity index (χ1) is 10.5. The van der Waals surface area contributed by atoms with Crippen LogP contribution in [0.25, 0.3) is 0 Å². The lowest BCUT2D eigenvalue weighted by Gasteiger charge is -2.11. The predicted molar refractivity (Wildman–Crippen MR) is 92.3 cm³/mol. The van der Waals surface area contributed by atoms with Crippen molar-refractivity contribution in [2.24, 2.45) is 0 Å². The summed E-state index contributed by atoms with van der Waals surface area (Å²) in [6, 6.07) is 9.29. The van der Waals surface area contributed by atoms with E-state index in [0.29, 0.717) is 10.7 Å². The molecule has 1 aromatic heterocycles. The van der Waals surface area contributed by atoms with Crippen LogP contribution >= 0.6 is 12.2 Å². The Morgan fingerprint density at radius 2 is 2.18 bits per heavy atom. The molecule has 0 aliphatic carbocycles. The molecule has 2 aromatic rings. The Bertz CT molecular complexity index is 666. The highest BCUT2D eigenvalue weighted by molar-refractivity contribution is 7.80. The second kappa shape index (κ2) is 7.70. The Labute approximate surface area is 135 Å². The number of ketones is 1. The topological polar surface area (TPSA) is 59.0 Å². The van der Waals surface area contributed by atoms with Gasteiger partial charge in [-0.25, -0.2) is 0 Å².